The minimum absolute atomic E-state index is 0.346. The monoisotopic (exact) mass is 261 g/mol. The van der Waals surface area contributed by atoms with Crippen molar-refractivity contribution in [1.29, 1.82) is 0 Å². The quantitative estimate of drug-likeness (QED) is 0.849. The lowest BCUT2D eigenvalue weighted by Gasteiger charge is -2.37. The van der Waals surface area contributed by atoms with Crippen molar-refractivity contribution in [2.45, 2.75) is 58.5 Å². The van der Waals surface area contributed by atoms with Gasteiger partial charge in [-0.15, -0.1) is 0 Å². The van der Waals surface area contributed by atoms with E-state index in [1.54, 1.807) is 12.1 Å². The molecule has 0 saturated heterocycles. The highest BCUT2D eigenvalue weighted by Gasteiger charge is 2.28. The first-order chi connectivity index (χ1) is 9.11. The van der Waals surface area contributed by atoms with Gasteiger partial charge in [0.15, 0.2) is 0 Å². The Balaban J connectivity index is 2.04. The molecular formula is C17H27NO. The van der Waals surface area contributed by atoms with Crippen molar-refractivity contribution in [1.82, 2.24) is 5.32 Å². The molecule has 0 aromatic heterocycles. The fourth-order valence-electron chi connectivity index (χ4n) is 3.23. The van der Waals surface area contributed by atoms with Gasteiger partial charge in [-0.1, -0.05) is 45.7 Å². The van der Waals surface area contributed by atoms with Crippen LogP contribution in [0, 0.1) is 11.8 Å². The predicted molar refractivity (Wildman–Crippen MR) is 80.2 cm³/mol. The third kappa shape index (κ3) is 3.50. The van der Waals surface area contributed by atoms with Crippen LogP contribution in [0.15, 0.2) is 24.3 Å². The summed E-state index contributed by atoms with van der Waals surface area (Å²) in [5, 5.41) is 13.2. The van der Waals surface area contributed by atoms with Gasteiger partial charge in [-0.25, -0.2) is 0 Å². The van der Waals surface area contributed by atoms with E-state index in [0.717, 1.165) is 18.3 Å². The van der Waals surface area contributed by atoms with Crippen LogP contribution in [0.25, 0.3) is 0 Å². The van der Waals surface area contributed by atoms with E-state index in [9.17, 15) is 5.11 Å². The van der Waals surface area contributed by atoms with Crippen molar-refractivity contribution in [3.05, 3.63) is 29.8 Å². The van der Waals surface area contributed by atoms with Crippen molar-refractivity contribution in [3.8, 4) is 5.75 Å². The molecule has 0 bridgehead atoms. The van der Waals surface area contributed by atoms with E-state index in [4.69, 9.17) is 0 Å². The van der Waals surface area contributed by atoms with Gasteiger partial charge < -0.3 is 10.4 Å². The molecule has 2 N–H and O–H groups in total. The van der Waals surface area contributed by atoms with E-state index in [-0.39, 0.29) is 0 Å². The Kier molecular flexibility index (Phi) is 4.87. The van der Waals surface area contributed by atoms with E-state index in [1.165, 1.54) is 24.8 Å². The Morgan fingerprint density at radius 2 is 1.89 bits per heavy atom. The molecule has 19 heavy (non-hydrogen) atoms. The first kappa shape index (κ1) is 14.4. The van der Waals surface area contributed by atoms with Crippen molar-refractivity contribution >= 4 is 0 Å². The first-order valence-electron chi connectivity index (χ1n) is 7.66. The van der Waals surface area contributed by atoms with Crippen LogP contribution in [0.1, 0.15) is 58.1 Å². The minimum atomic E-state index is 0.346. The SMILES string of the molecule is CCC(NC1CCCC(C)C1C)c1ccc(O)cc1. The lowest BCUT2D eigenvalue weighted by Crippen LogP contribution is -2.42. The maximum absolute atomic E-state index is 9.39. The van der Waals surface area contributed by atoms with Crippen molar-refractivity contribution in [2.24, 2.45) is 11.8 Å². The average molecular weight is 261 g/mol. The number of hydrogen-bond donors (Lipinski definition) is 2. The molecule has 0 spiro atoms. The molecule has 1 saturated carbocycles. The number of hydrogen-bond acceptors (Lipinski definition) is 2. The molecule has 1 aromatic carbocycles. The average Bonchev–Trinajstić information content (AvgIpc) is 2.42. The topological polar surface area (TPSA) is 32.3 Å². The summed E-state index contributed by atoms with van der Waals surface area (Å²) in [6, 6.07) is 8.67. The number of phenols is 1. The van der Waals surface area contributed by atoms with Crippen LogP contribution in [0.5, 0.6) is 5.75 Å². The second-order valence-corrected chi connectivity index (χ2v) is 6.09. The van der Waals surface area contributed by atoms with E-state index in [2.05, 4.69) is 26.1 Å². The maximum atomic E-state index is 9.39. The Hall–Kier alpha value is -1.02. The smallest absolute Gasteiger partial charge is 0.115 e. The number of rotatable bonds is 4. The molecule has 1 fully saturated rings. The summed E-state index contributed by atoms with van der Waals surface area (Å²) in [7, 11) is 0. The molecule has 0 radical (unpaired) electrons. The minimum Gasteiger partial charge on any atom is -0.508 e. The van der Waals surface area contributed by atoms with E-state index < -0.39 is 0 Å². The fraction of sp³-hybridized carbons (Fsp3) is 0.647. The Bertz CT molecular complexity index is 387. The molecular weight excluding hydrogens is 234 g/mol. The van der Waals surface area contributed by atoms with Gasteiger partial charge in [0.1, 0.15) is 5.75 Å². The van der Waals surface area contributed by atoms with Crippen LogP contribution in [-0.4, -0.2) is 11.1 Å². The molecule has 2 heteroatoms. The lowest BCUT2D eigenvalue weighted by molar-refractivity contribution is 0.192. The van der Waals surface area contributed by atoms with E-state index in [1.807, 2.05) is 12.1 Å². The van der Waals surface area contributed by atoms with Crippen LogP contribution < -0.4 is 5.32 Å². The molecule has 1 aromatic rings. The highest BCUT2D eigenvalue weighted by Crippen LogP contribution is 2.31. The molecule has 0 amide bonds. The van der Waals surface area contributed by atoms with Gasteiger partial charge in [-0.05, 0) is 42.4 Å². The zero-order valence-corrected chi connectivity index (χ0v) is 12.4. The first-order valence-corrected chi connectivity index (χ1v) is 7.66. The zero-order valence-electron chi connectivity index (χ0n) is 12.4. The second kappa shape index (κ2) is 6.42. The molecule has 1 aliphatic rings. The summed E-state index contributed by atoms with van der Waals surface area (Å²) in [6.07, 6.45) is 5.09. The van der Waals surface area contributed by atoms with Crippen LogP contribution >= 0.6 is 0 Å². The summed E-state index contributed by atoms with van der Waals surface area (Å²) in [4.78, 5) is 0. The van der Waals surface area contributed by atoms with Crippen molar-refractivity contribution < 1.29 is 5.11 Å². The summed E-state index contributed by atoms with van der Waals surface area (Å²) < 4.78 is 0. The van der Waals surface area contributed by atoms with Gasteiger partial charge in [0, 0.05) is 12.1 Å². The standard InChI is InChI=1S/C17H27NO/c1-4-16(14-8-10-15(19)11-9-14)18-17-7-5-6-12(2)13(17)3/h8-13,16-19H,4-7H2,1-3H3. The highest BCUT2D eigenvalue weighted by atomic mass is 16.3. The van der Waals surface area contributed by atoms with Crippen molar-refractivity contribution in [3.63, 3.8) is 0 Å². The summed E-state index contributed by atoms with van der Waals surface area (Å²) in [6.45, 7) is 6.98. The number of aromatic hydroxyl groups is 1. The molecule has 0 aliphatic heterocycles. The molecule has 4 atom stereocenters. The Labute approximate surface area is 117 Å². The van der Waals surface area contributed by atoms with Gasteiger partial charge >= 0.3 is 0 Å². The normalized spacial score (nSPS) is 29.1. The van der Waals surface area contributed by atoms with Gasteiger partial charge in [0.25, 0.3) is 0 Å². The van der Waals surface area contributed by atoms with Gasteiger partial charge in [-0.3, -0.25) is 0 Å². The summed E-state index contributed by atoms with van der Waals surface area (Å²) in [5.74, 6) is 1.92. The molecule has 1 aliphatic carbocycles. The third-order valence-corrected chi connectivity index (χ3v) is 4.83. The molecule has 0 heterocycles. The largest absolute Gasteiger partial charge is 0.508 e. The van der Waals surface area contributed by atoms with E-state index >= 15 is 0 Å². The van der Waals surface area contributed by atoms with Crippen molar-refractivity contribution in [2.75, 3.05) is 0 Å². The number of nitrogens with one attached hydrogen (secondary N) is 1. The molecule has 2 rings (SSSR count). The zero-order chi connectivity index (χ0) is 13.8. The number of phenolic OH excluding ortho intramolecular Hbond substituents is 1. The van der Waals surface area contributed by atoms with Crippen LogP contribution in [-0.2, 0) is 0 Å². The second-order valence-electron chi connectivity index (χ2n) is 6.09. The highest BCUT2D eigenvalue weighted by molar-refractivity contribution is 5.28. The number of benzene rings is 1. The summed E-state index contributed by atoms with van der Waals surface area (Å²) >= 11 is 0. The van der Waals surface area contributed by atoms with Gasteiger partial charge in [-0.2, -0.15) is 0 Å². The van der Waals surface area contributed by atoms with E-state index in [0.29, 0.717) is 17.8 Å². The maximum Gasteiger partial charge on any atom is 0.115 e. The molecule has 2 nitrogen and oxygen atoms in total. The van der Waals surface area contributed by atoms with Gasteiger partial charge in [0.2, 0.25) is 0 Å². The predicted octanol–water partition coefficient (Wildman–Crippen LogP) is 4.26. The Morgan fingerprint density at radius 1 is 1.21 bits per heavy atom. The third-order valence-electron chi connectivity index (χ3n) is 4.83. The lowest BCUT2D eigenvalue weighted by atomic mass is 9.77. The molecule has 4 unspecified atom stereocenters. The Morgan fingerprint density at radius 3 is 2.53 bits per heavy atom. The van der Waals surface area contributed by atoms with Crippen LogP contribution in [0.4, 0.5) is 0 Å². The van der Waals surface area contributed by atoms with Crippen LogP contribution in [0.3, 0.4) is 0 Å². The molecule has 106 valence electrons. The fourth-order valence-corrected chi connectivity index (χ4v) is 3.23. The van der Waals surface area contributed by atoms with Crippen LogP contribution in [0.2, 0.25) is 0 Å². The van der Waals surface area contributed by atoms with Gasteiger partial charge in [0.05, 0.1) is 0 Å². The summed E-state index contributed by atoms with van der Waals surface area (Å²) in [5.41, 5.74) is 1.28.